The Morgan fingerprint density at radius 2 is 1.66 bits per heavy atom. The molecule has 4 N–H and O–H groups in total. The second-order valence-electron chi connectivity index (χ2n) is 11.6. The van der Waals surface area contributed by atoms with E-state index in [2.05, 4.69) is 17.6 Å². The lowest BCUT2D eigenvalue weighted by atomic mass is 9.87. The van der Waals surface area contributed by atoms with Gasteiger partial charge in [-0.05, 0) is 79.2 Å². The fraction of sp³-hybridized carbons (Fsp3) is 0.655. The molecule has 0 radical (unpaired) electrons. The summed E-state index contributed by atoms with van der Waals surface area (Å²) in [4.78, 5) is 54.0. The third kappa shape index (κ3) is 9.33. The number of carbonyl (C=O) groups excluding carboxylic acids is 4. The van der Waals surface area contributed by atoms with Crippen LogP contribution >= 0.6 is 0 Å². The van der Waals surface area contributed by atoms with Crippen LogP contribution in [-0.4, -0.2) is 52.4 Å². The van der Waals surface area contributed by atoms with Crippen LogP contribution in [0.5, 0.6) is 0 Å². The molecule has 3 unspecified atom stereocenters. The molecule has 0 aromatic heterocycles. The van der Waals surface area contributed by atoms with Crippen LogP contribution in [0.2, 0.25) is 0 Å². The molecule has 0 spiro atoms. The number of nitrogens with one attached hydrogen (secondary N) is 2. The van der Waals surface area contributed by atoms with Crippen LogP contribution in [0.4, 0.5) is 4.79 Å². The van der Waals surface area contributed by atoms with Crippen molar-refractivity contribution in [1.29, 1.82) is 0 Å². The van der Waals surface area contributed by atoms with Gasteiger partial charge in [-0.15, -0.1) is 0 Å². The Bertz CT molecular complexity index is 979. The largest absolute Gasteiger partial charge is 0.444 e. The predicted molar refractivity (Wildman–Crippen MR) is 147 cm³/mol. The SMILES string of the molecule is CCCC(C)NC(=O)C(c1cc(C)cc(C)c1)N(C(=O)C(CCC(N)=O)NC(=O)OC(C)(C)C)C1CCC1. The van der Waals surface area contributed by atoms with Crippen LogP contribution in [0.1, 0.15) is 102 Å². The lowest BCUT2D eigenvalue weighted by Crippen LogP contribution is -2.58. The van der Waals surface area contributed by atoms with Crippen molar-refractivity contribution >= 4 is 23.8 Å². The highest BCUT2D eigenvalue weighted by atomic mass is 16.6. The van der Waals surface area contributed by atoms with Gasteiger partial charge in [-0.25, -0.2) is 4.79 Å². The number of primary amides is 1. The molecule has 0 saturated heterocycles. The molecule has 38 heavy (non-hydrogen) atoms. The Morgan fingerprint density at radius 3 is 2.13 bits per heavy atom. The Hall–Kier alpha value is -3.10. The number of rotatable bonds is 12. The first-order valence-electron chi connectivity index (χ1n) is 13.7. The first-order valence-corrected chi connectivity index (χ1v) is 13.7. The molecule has 2 rings (SSSR count). The maximum Gasteiger partial charge on any atom is 0.408 e. The minimum absolute atomic E-state index is 0.00402. The second kappa shape index (κ2) is 13.6. The molecule has 9 heteroatoms. The normalized spacial score (nSPS) is 16.0. The van der Waals surface area contributed by atoms with E-state index in [0.29, 0.717) is 0 Å². The van der Waals surface area contributed by atoms with E-state index in [9.17, 15) is 19.2 Å². The topological polar surface area (TPSA) is 131 Å². The Morgan fingerprint density at radius 1 is 1.05 bits per heavy atom. The van der Waals surface area contributed by atoms with Crippen LogP contribution in [-0.2, 0) is 19.1 Å². The van der Waals surface area contributed by atoms with Crippen molar-refractivity contribution in [1.82, 2.24) is 15.5 Å². The molecule has 0 heterocycles. The molecule has 1 saturated carbocycles. The number of alkyl carbamates (subject to hydrolysis) is 1. The number of hydrogen-bond acceptors (Lipinski definition) is 5. The molecule has 1 aromatic rings. The number of benzene rings is 1. The van der Waals surface area contributed by atoms with E-state index in [1.165, 1.54) is 0 Å². The van der Waals surface area contributed by atoms with E-state index in [0.717, 1.165) is 48.8 Å². The highest BCUT2D eigenvalue weighted by Crippen LogP contribution is 2.35. The van der Waals surface area contributed by atoms with Gasteiger partial charge in [-0.1, -0.05) is 42.7 Å². The minimum atomic E-state index is -1.08. The van der Waals surface area contributed by atoms with Gasteiger partial charge < -0.3 is 26.0 Å². The van der Waals surface area contributed by atoms with Gasteiger partial charge in [-0.3, -0.25) is 14.4 Å². The second-order valence-corrected chi connectivity index (χ2v) is 11.6. The van der Waals surface area contributed by atoms with Gasteiger partial charge in [0.15, 0.2) is 0 Å². The number of ether oxygens (including phenoxy) is 1. The number of carbonyl (C=O) groups is 4. The molecule has 0 aliphatic heterocycles. The average molecular weight is 531 g/mol. The van der Waals surface area contributed by atoms with E-state index in [-0.39, 0.29) is 30.8 Å². The Balaban J connectivity index is 2.53. The van der Waals surface area contributed by atoms with E-state index < -0.39 is 35.6 Å². The van der Waals surface area contributed by atoms with Crippen molar-refractivity contribution in [3.63, 3.8) is 0 Å². The van der Waals surface area contributed by atoms with E-state index in [1.54, 1.807) is 25.7 Å². The maximum atomic E-state index is 14.2. The zero-order valence-electron chi connectivity index (χ0n) is 24.1. The van der Waals surface area contributed by atoms with Crippen molar-refractivity contribution in [2.75, 3.05) is 0 Å². The molecular formula is C29H46N4O5. The molecule has 212 valence electrons. The number of nitrogens with zero attached hydrogens (tertiary/aromatic N) is 1. The molecule has 1 aromatic carbocycles. The van der Waals surface area contributed by atoms with Gasteiger partial charge in [0.1, 0.15) is 17.7 Å². The summed E-state index contributed by atoms with van der Waals surface area (Å²) in [6.07, 6.45) is 3.30. The summed E-state index contributed by atoms with van der Waals surface area (Å²) in [7, 11) is 0. The fourth-order valence-corrected chi connectivity index (χ4v) is 4.79. The van der Waals surface area contributed by atoms with Crippen molar-refractivity contribution in [2.24, 2.45) is 5.73 Å². The molecular weight excluding hydrogens is 484 g/mol. The Kier molecular flexibility index (Phi) is 11.2. The maximum absolute atomic E-state index is 14.2. The summed E-state index contributed by atoms with van der Waals surface area (Å²) in [5.41, 5.74) is 7.30. The summed E-state index contributed by atoms with van der Waals surface area (Å²) < 4.78 is 5.39. The monoisotopic (exact) mass is 530 g/mol. The predicted octanol–water partition coefficient (Wildman–Crippen LogP) is 4.19. The van der Waals surface area contributed by atoms with Crippen molar-refractivity contribution in [3.8, 4) is 0 Å². The van der Waals surface area contributed by atoms with Gasteiger partial charge in [0.25, 0.3) is 0 Å². The van der Waals surface area contributed by atoms with Crippen LogP contribution in [0.25, 0.3) is 0 Å². The zero-order chi connectivity index (χ0) is 28.6. The van der Waals surface area contributed by atoms with E-state index >= 15 is 0 Å². The summed E-state index contributed by atoms with van der Waals surface area (Å²) in [6.45, 7) is 13.1. The van der Waals surface area contributed by atoms with Gasteiger partial charge in [0.05, 0.1) is 0 Å². The average Bonchev–Trinajstić information content (AvgIpc) is 2.72. The first kappa shape index (κ1) is 31.1. The summed E-state index contributed by atoms with van der Waals surface area (Å²) in [6, 6.07) is 3.69. The van der Waals surface area contributed by atoms with Crippen LogP contribution in [0.3, 0.4) is 0 Å². The molecule has 1 aliphatic rings. The molecule has 9 nitrogen and oxygen atoms in total. The van der Waals surface area contributed by atoms with Gasteiger partial charge in [-0.2, -0.15) is 0 Å². The third-order valence-electron chi connectivity index (χ3n) is 6.59. The summed E-state index contributed by atoms with van der Waals surface area (Å²) in [5, 5.41) is 5.75. The van der Waals surface area contributed by atoms with Crippen LogP contribution < -0.4 is 16.4 Å². The zero-order valence-corrected chi connectivity index (χ0v) is 24.1. The number of nitrogens with two attached hydrogens (primary N) is 1. The fourth-order valence-electron chi connectivity index (χ4n) is 4.79. The summed E-state index contributed by atoms with van der Waals surface area (Å²) in [5.74, 6) is -1.27. The third-order valence-corrected chi connectivity index (χ3v) is 6.59. The molecule has 4 amide bonds. The standard InChI is InChI=1S/C29H46N4O5/c1-8-10-20(4)31-26(35)25(21-16-18(2)15-19(3)17-21)33(22-11-9-12-22)27(36)23(13-14-24(30)34)32-28(37)38-29(5,6)7/h15-17,20,22-23,25H,8-14H2,1-7H3,(H2,30,34)(H,31,35)(H,32,37). The highest BCUT2D eigenvalue weighted by molar-refractivity contribution is 5.93. The number of amides is 4. The minimum Gasteiger partial charge on any atom is -0.444 e. The van der Waals surface area contributed by atoms with E-state index in [4.69, 9.17) is 10.5 Å². The molecule has 1 fully saturated rings. The molecule has 1 aliphatic carbocycles. The molecule has 3 atom stereocenters. The lowest BCUT2D eigenvalue weighted by Gasteiger charge is -2.44. The van der Waals surface area contributed by atoms with Gasteiger partial charge >= 0.3 is 6.09 Å². The smallest absolute Gasteiger partial charge is 0.408 e. The molecule has 0 bridgehead atoms. The van der Waals surface area contributed by atoms with Gasteiger partial charge in [0, 0.05) is 18.5 Å². The lowest BCUT2D eigenvalue weighted by molar-refractivity contribution is -0.148. The van der Waals surface area contributed by atoms with Crippen molar-refractivity contribution < 1.29 is 23.9 Å². The van der Waals surface area contributed by atoms with Gasteiger partial charge in [0.2, 0.25) is 17.7 Å². The van der Waals surface area contributed by atoms with Crippen molar-refractivity contribution in [2.45, 2.75) is 123 Å². The first-order chi connectivity index (χ1) is 17.7. The van der Waals surface area contributed by atoms with E-state index in [1.807, 2.05) is 39.0 Å². The quantitative estimate of drug-likeness (QED) is 0.373. The number of aryl methyl sites for hydroxylation is 2. The van der Waals surface area contributed by atoms with Crippen LogP contribution in [0.15, 0.2) is 18.2 Å². The number of hydrogen-bond donors (Lipinski definition) is 3. The Labute approximate surface area is 227 Å². The van der Waals surface area contributed by atoms with Crippen molar-refractivity contribution in [3.05, 3.63) is 34.9 Å². The highest BCUT2D eigenvalue weighted by Gasteiger charge is 2.42. The van der Waals surface area contributed by atoms with Crippen LogP contribution in [0, 0.1) is 13.8 Å². The summed E-state index contributed by atoms with van der Waals surface area (Å²) >= 11 is 0.